The molecule has 2 aromatic carbocycles. The maximum atomic E-state index is 12.5. The summed E-state index contributed by atoms with van der Waals surface area (Å²) >= 11 is 0. The molecule has 0 aliphatic heterocycles. The number of nitrogens with one attached hydrogen (secondary N) is 1. The first-order chi connectivity index (χ1) is 12.8. The number of hydrogen-bond donors (Lipinski definition) is 1. The molecule has 1 atom stereocenters. The highest BCUT2D eigenvalue weighted by Crippen LogP contribution is 2.20. The zero-order valence-electron chi connectivity index (χ0n) is 16.1. The van der Waals surface area contributed by atoms with Crippen LogP contribution in [0.1, 0.15) is 26.3 Å². The molecule has 146 valence electrons. The standard InChI is InChI=1S/C20H26N2O4S/c1-5-22(6-2)27(24,25)18-13-11-17(12-14-18)21-20(23)16(4)26-19-10-8-7-9-15(19)3/h7-14,16H,5-6H2,1-4H3,(H,21,23). The Morgan fingerprint density at radius 1 is 1.07 bits per heavy atom. The largest absolute Gasteiger partial charge is 0.481 e. The lowest BCUT2D eigenvalue weighted by molar-refractivity contribution is -0.122. The first kappa shape index (κ1) is 20.9. The van der Waals surface area contributed by atoms with E-state index in [9.17, 15) is 13.2 Å². The Morgan fingerprint density at radius 2 is 1.67 bits per heavy atom. The zero-order chi connectivity index (χ0) is 20.0. The van der Waals surface area contributed by atoms with Gasteiger partial charge in [-0.05, 0) is 49.7 Å². The second-order valence-electron chi connectivity index (χ2n) is 6.13. The highest BCUT2D eigenvalue weighted by molar-refractivity contribution is 7.89. The molecule has 0 aliphatic rings. The molecule has 0 saturated carbocycles. The van der Waals surface area contributed by atoms with Gasteiger partial charge in [0.1, 0.15) is 5.75 Å². The number of rotatable bonds is 8. The number of hydrogen-bond acceptors (Lipinski definition) is 4. The van der Waals surface area contributed by atoms with Gasteiger partial charge in [-0.2, -0.15) is 4.31 Å². The predicted molar refractivity (Wildman–Crippen MR) is 106 cm³/mol. The van der Waals surface area contributed by atoms with Gasteiger partial charge in [-0.1, -0.05) is 32.0 Å². The Bertz CT molecular complexity index is 875. The van der Waals surface area contributed by atoms with E-state index in [0.29, 0.717) is 24.5 Å². The van der Waals surface area contributed by atoms with E-state index in [1.54, 1.807) is 32.9 Å². The van der Waals surface area contributed by atoms with E-state index in [0.717, 1.165) is 5.56 Å². The Morgan fingerprint density at radius 3 is 2.22 bits per heavy atom. The number of anilines is 1. The van der Waals surface area contributed by atoms with E-state index in [2.05, 4.69) is 5.32 Å². The molecule has 1 N–H and O–H groups in total. The van der Waals surface area contributed by atoms with Crippen molar-refractivity contribution in [3.05, 3.63) is 54.1 Å². The second kappa shape index (κ2) is 9.01. The lowest BCUT2D eigenvalue weighted by atomic mass is 10.2. The van der Waals surface area contributed by atoms with Crippen LogP contribution in [-0.4, -0.2) is 37.8 Å². The molecule has 0 radical (unpaired) electrons. The number of ether oxygens (including phenoxy) is 1. The van der Waals surface area contributed by atoms with Crippen LogP contribution in [0.4, 0.5) is 5.69 Å². The van der Waals surface area contributed by atoms with Crippen molar-refractivity contribution in [2.45, 2.75) is 38.7 Å². The van der Waals surface area contributed by atoms with Crippen LogP contribution in [-0.2, 0) is 14.8 Å². The van der Waals surface area contributed by atoms with Crippen LogP contribution < -0.4 is 10.1 Å². The number of carbonyl (C=O) groups is 1. The molecule has 0 bridgehead atoms. The van der Waals surface area contributed by atoms with Crippen molar-refractivity contribution in [1.82, 2.24) is 4.31 Å². The van der Waals surface area contributed by atoms with Crippen molar-refractivity contribution in [3.8, 4) is 5.75 Å². The molecular formula is C20H26N2O4S. The average molecular weight is 391 g/mol. The Kier molecular flexibility index (Phi) is 6.98. The van der Waals surface area contributed by atoms with Gasteiger partial charge < -0.3 is 10.1 Å². The smallest absolute Gasteiger partial charge is 0.265 e. The van der Waals surface area contributed by atoms with Crippen molar-refractivity contribution in [2.24, 2.45) is 0 Å². The number of para-hydroxylation sites is 1. The van der Waals surface area contributed by atoms with E-state index in [-0.39, 0.29) is 10.8 Å². The third-order valence-electron chi connectivity index (χ3n) is 4.23. The molecule has 2 aromatic rings. The molecule has 0 aromatic heterocycles. The highest BCUT2D eigenvalue weighted by Gasteiger charge is 2.21. The molecule has 6 nitrogen and oxygen atoms in total. The van der Waals surface area contributed by atoms with E-state index in [1.807, 2.05) is 31.2 Å². The summed E-state index contributed by atoms with van der Waals surface area (Å²) in [6, 6.07) is 13.6. The van der Waals surface area contributed by atoms with Crippen LogP contribution in [0.15, 0.2) is 53.4 Å². The fourth-order valence-corrected chi connectivity index (χ4v) is 4.06. The molecule has 0 spiro atoms. The van der Waals surface area contributed by atoms with E-state index < -0.39 is 16.1 Å². The fourth-order valence-electron chi connectivity index (χ4n) is 2.60. The maximum absolute atomic E-state index is 12.5. The molecule has 0 fully saturated rings. The summed E-state index contributed by atoms with van der Waals surface area (Å²) in [4.78, 5) is 12.6. The second-order valence-corrected chi connectivity index (χ2v) is 8.07. The lowest BCUT2D eigenvalue weighted by Gasteiger charge is -2.19. The first-order valence-corrected chi connectivity index (χ1v) is 10.4. The van der Waals surface area contributed by atoms with Gasteiger partial charge in [-0.15, -0.1) is 0 Å². The maximum Gasteiger partial charge on any atom is 0.265 e. The number of carbonyl (C=O) groups excluding carboxylic acids is 1. The van der Waals surface area contributed by atoms with Crippen LogP contribution in [0.2, 0.25) is 0 Å². The van der Waals surface area contributed by atoms with Crippen LogP contribution in [0, 0.1) is 6.92 Å². The van der Waals surface area contributed by atoms with Gasteiger partial charge in [-0.25, -0.2) is 8.42 Å². The zero-order valence-corrected chi connectivity index (χ0v) is 16.9. The summed E-state index contributed by atoms with van der Waals surface area (Å²) in [5, 5.41) is 2.74. The van der Waals surface area contributed by atoms with E-state index in [1.165, 1.54) is 16.4 Å². The van der Waals surface area contributed by atoms with Crippen molar-refractivity contribution in [3.63, 3.8) is 0 Å². The highest BCUT2D eigenvalue weighted by atomic mass is 32.2. The quantitative estimate of drug-likeness (QED) is 0.749. The molecule has 0 saturated heterocycles. The summed E-state index contributed by atoms with van der Waals surface area (Å²) in [5.74, 6) is 0.346. The van der Waals surface area contributed by atoms with E-state index >= 15 is 0 Å². The molecule has 7 heteroatoms. The summed E-state index contributed by atoms with van der Waals surface area (Å²) in [6.45, 7) is 7.99. The van der Waals surface area contributed by atoms with Crippen LogP contribution in [0.25, 0.3) is 0 Å². The van der Waals surface area contributed by atoms with Crippen LogP contribution >= 0.6 is 0 Å². The van der Waals surface area contributed by atoms with Crippen LogP contribution in [0.3, 0.4) is 0 Å². The minimum atomic E-state index is -3.51. The van der Waals surface area contributed by atoms with Gasteiger partial charge in [0.05, 0.1) is 4.90 Å². The van der Waals surface area contributed by atoms with Gasteiger partial charge in [0.25, 0.3) is 5.91 Å². The third-order valence-corrected chi connectivity index (χ3v) is 6.30. The summed E-state index contributed by atoms with van der Waals surface area (Å²) in [5.41, 5.74) is 1.46. The van der Waals surface area contributed by atoms with Gasteiger partial charge in [0.2, 0.25) is 10.0 Å². The van der Waals surface area contributed by atoms with Crippen LogP contribution in [0.5, 0.6) is 5.75 Å². The summed E-state index contributed by atoms with van der Waals surface area (Å²) in [7, 11) is -3.51. The van der Waals surface area contributed by atoms with Crippen molar-refractivity contribution in [2.75, 3.05) is 18.4 Å². The SMILES string of the molecule is CCN(CC)S(=O)(=O)c1ccc(NC(=O)C(C)Oc2ccccc2C)cc1. The molecular weight excluding hydrogens is 364 g/mol. The Labute approximate surface area is 161 Å². The number of benzene rings is 2. The summed E-state index contributed by atoms with van der Waals surface area (Å²) in [6.07, 6.45) is -0.690. The van der Waals surface area contributed by atoms with Gasteiger partial charge in [0, 0.05) is 18.8 Å². The van der Waals surface area contributed by atoms with Gasteiger partial charge >= 0.3 is 0 Å². The summed E-state index contributed by atoms with van der Waals surface area (Å²) < 4.78 is 32.1. The number of amides is 1. The number of aryl methyl sites for hydroxylation is 1. The third kappa shape index (κ3) is 5.08. The molecule has 1 amide bonds. The van der Waals surface area contributed by atoms with Crippen molar-refractivity contribution >= 4 is 21.6 Å². The minimum absolute atomic E-state index is 0.202. The first-order valence-electron chi connectivity index (χ1n) is 8.93. The molecule has 0 heterocycles. The minimum Gasteiger partial charge on any atom is -0.481 e. The number of nitrogens with zero attached hydrogens (tertiary/aromatic N) is 1. The molecule has 0 aliphatic carbocycles. The molecule has 2 rings (SSSR count). The fraction of sp³-hybridized carbons (Fsp3) is 0.350. The molecule has 1 unspecified atom stereocenters. The van der Waals surface area contributed by atoms with Crippen molar-refractivity contribution < 1.29 is 17.9 Å². The average Bonchev–Trinajstić information content (AvgIpc) is 2.64. The Hall–Kier alpha value is -2.38. The normalized spacial score (nSPS) is 12.6. The Balaban J connectivity index is 2.05. The van der Waals surface area contributed by atoms with Crippen molar-refractivity contribution in [1.29, 1.82) is 0 Å². The molecule has 27 heavy (non-hydrogen) atoms. The van der Waals surface area contributed by atoms with Gasteiger partial charge in [0.15, 0.2) is 6.10 Å². The van der Waals surface area contributed by atoms with Gasteiger partial charge in [-0.3, -0.25) is 4.79 Å². The lowest BCUT2D eigenvalue weighted by Crippen LogP contribution is -2.31. The monoisotopic (exact) mass is 390 g/mol. The number of sulfonamides is 1. The predicted octanol–water partition coefficient (Wildman–Crippen LogP) is 3.43. The van der Waals surface area contributed by atoms with E-state index in [4.69, 9.17) is 4.74 Å². The topological polar surface area (TPSA) is 75.7 Å².